The van der Waals surface area contributed by atoms with Crippen LogP contribution < -0.4 is 4.57 Å². The van der Waals surface area contributed by atoms with Crippen LogP contribution in [0.25, 0.3) is 0 Å². The molecule has 51 heavy (non-hydrogen) atoms. The van der Waals surface area contributed by atoms with Gasteiger partial charge in [-0.3, -0.25) is 0 Å². The highest BCUT2D eigenvalue weighted by Gasteiger charge is 2.10. The van der Waals surface area contributed by atoms with Gasteiger partial charge in [0.05, 0.1) is 0 Å². The summed E-state index contributed by atoms with van der Waals surface area (Å²) in [6.45, 7) is 8.16. The molecule has 300 valence electrons. The topological polar surface area (TPSA) is 3.88 Å². The van der Waals surface area contributed by atoms with E-state index in [9.17, 15) is 0 Å². The van der Waals surface area contributed by atoms with Gasteiger partial charge in [0.15, 0.2) is 12.4 Å². The minimum absolute atomic E-state index is 1.21. The second-order valence-electron chi connectivity index (χ2n) is 17.0. The fraction of sp³-hybridized carbons (Fsp3) is 0.900. The minimum Gasteiger partial charge on any atom is -0.205 e. The van der Waals surface area contributed by atoms with E-state index in [1.807, 2.05) is 0 Å². The van der Waals surface area contributed by atoms with E-state index in [1.165, 1.54) is 270 Å². The zero-order valence-corrected chi connectivity index (χ0v) is 35.9. The molecule has 0 aliphatic rings. The molecular weight excluding hydrogens is 615 g/mol. The molecule has 0 aliphatic heterocycles. The molecule has 1 nitrogen and oxygen atoms in total. The van der Waals surface area contributed by atoms with Crippen LogP contribution in [0.3, 0.4) is 0 Å². The molecule has 1 aromatic heterocycles. The summed E-state index contributed by atoms with van der Waals surface area (Å²) in [7, 11) is 0. The van der Waals surface area contributed by atoms with Crippen molar-refractivity contribution >= 4 is 0 Å². The molecule has 0 unspecified atom stereocenters. The summed E-state index contributed by atoms with van der Waals surface area (Å²) in [6, 6.07) is 2.51. The van der Waals surface area contributed by atoms with Crippen LogP contribution in [-0.2, 0) is 19.4 Å². The average Bonchev–Trinajstić information content (AvgIpc) is 3.14. The van der Waals surface area contributed by atoms with E-state index in [0.29, 0.717) is 0 Å². The SMILES string of the molecule is CCCCCCCCCCCCCCCCc1cc[n+](CCCCCCCCCCCCC)cc1CCCCCCCCCCCCCCCC. The summed E-state index contributed by atoms with van der Waals surface area (Å²) in [5.41, 5.74) is 3.34. The lowest BCUT2D eigenvalue weighted by atomic mass is 9.97. The molecule has 0 N–H and O–H groups in total. The van der Waals surface area contributed by atoms with Gasteiger partial charge in [-0.2, -0.15) is 0 Å². The van der Waals surface area contributed by atoms with Crippen LogP contribution >= 0.6 is 0 Å². The largest absolute Gasteiger partial charge is 0.205 e. The number of unbranched alkanes of at least 4 members (excludes halogenated alkanes) is 36. The number of aryl methyl sites for hydroxylation is 3. The Balaban J connectivity index is 2.30. The van der Waals surface area contributed by atoms with E-state index in [0.717, 1.165) is 0 Å². The van der Waals surface area contributed by atoms with Crippen LogP contribution in [-0.4, -0.2) is 0 Å². The molecule has 0 amide bonds. The zero-order chi connectivity index (χ0) is 36.6. The highest BCUT2D eigenvalue weighted by atomic mass is 14.9. The molecule has 0 spiro atoms. The van der Waals surface area contributed by atoms with Crippen LogP contribution in [0, 0.1) is 0 Å². The fourth-order valence-corrected chi connectivity index (χ4v) is 8.21. The predicted octanol–water partition coefficient (Wildman–Crippen LogP) is 17.3. The number of rotatable bonds is 42. The van der Waals surface area contributed by atoms with Crippen molar-refractivity contribution in [3.8, 4) is 0 Å². The van der Waals surface area contributed by atoms with E-state index >= 15 is 0 Å². The summed E-state index contributed by atoms with van der Waals surface area (Å²) in [5, 5.41) is 0. The Labute approximate surface area is 323 Å². The first kappa shape index (κ1) is 48.2. The third-order valence-electron chi connectivity index (χ3n) is 11.8. The van der Waals surface area contributed by atoms with E-state index in [2.05, 4.69) is 43.8 Å². The molecule has 0 aromatic carbocycles. The Morgan fingerprint density at radius 1 is 0.294 bits per heavy atom. The van der Waals surface area contributed by atoms with Gasteiger partial charge in [0.2, 0.25) is 0 Å². The summed E-state index contributed by atoms with van der Waals surface area (Å²) >= 11 is 0. The number of hydrogen-bond acceptors (Lipinski definition) is 0. The first-order chi connectivity index (χ1) is 25.3. The van der Waals surface area contributed by atoms with Crippen LogP contribution in [0.4, 0.5) is 0 Å². The second-order valence-corrected chi connectivity index (χ2v) is 17.0. The smallest absolute Gasteiger partial charge is 0.172 e. The minimum atomic E-state index is 1.21. The number of nitrogens with zero attached hydrogens (tertiary/aromatic N) is 1. The normalized spacial score (nSPS) is 11.6. The van der Waals surface area contributed by atoms with Gasteiger partial charge in [-0.1, -0.05) is 245 Å². The maximum atomic E-state index is 2.57. The van der Waals surface area contributed by atoms with Gasteiger partial charge in [-0.15, -0.1) is 0 Å². The van der Waals surface area contributed by atoms with Crippen molar-refractivity contribution < 1.29 is 4.57 Å². The van der Waals surface area contributed by atoms with Crippen LogP contribution in [0.5, 0.6) is 0 Å². The Bertz CT molecular complexity index is 798. The summed E-state index contributed by atoms with van der Waals surface area (Å²) < 4.78 is 2.54. The molecular formula is C50H96N+. The van der Waals surface area contributed by atoms with Crippen molar-refractivity contribution in [2.24, 2.45) is 0 Å². The van der Waals surface area contributed by atoms with E-state index in [-0.39, 0.29) is 0 Å². The van der Waals surface area contributed by atoms with Crippen molar-refractivity contribution in [1.82, 2.24) is 0 Å². The Kier molecular flexibility index (Phi) is 38.1. The second kappa shape index (κ2) is 40.3. The molecule has 0 atom stereocenters. The van der Waals surface area contributed by atoms with Gasteiger partial charge >= 0.3 is 0 Å². The third kappa shape index (κ3) is 33.5. The van der Waals surface area contributed by atoms with Crippen molar-refractivity contribution in [1.29, 1.82) is 0 Å². The van der Waals surface area contributed by atoms with Gasteiger partial charge < -0.3 is 0 Å². The van der Waals surface area contributed by atoms with Crippen LogP contribution in [0.15, 0.2) is 18.5 Å². The number of pyridine rings is 1. The van der Waals surface area contributed by atoms with Crippen molar-refractivity contribution in [2.45, 2.75) is 291 Å². The van der Waals surface area contributed by atoms with Crippen molar-refractivity contribution in [2.75, 3.05) is 0 Å². The summed E-state index contributed by atoms with van der Waals surface area (Å²) in [5.74, 6) is 0. The van der Waals surface area contributed by atoms with Crippen LogP contribution in [0.2, 0.25) is 0 Å². The highest BCUT2D eigenvalue weighted by Crippen LogP contribution is 2.19. The van der Waals surface area contributed by atoms with Gasteiger partial charge in [-0.05, 0) is 37.7 Å². The fourth-order valence-electron chi connectivity index (χ4n) is 8.21. The van der Waals surface area contributed by atoms with E-state index < -0.39 is 0 Å². The molecule has 1 aromatic rings. The standard InChI is InChI=1S/C50H96N/c1-4-7-10-13-16-19-22-24-26-28-31-34-37-40-43-49-45-47-51(46-42-39-36-33-30-21-18-15-12-9-6-3)48-50(49)44-41-38-35-32-29-27-25-23-20-17-14-11-8-5-2/h45,47-48H,4-44,46H2,1-3H3/q+1. The van der Waals surface area contributed by atoms with Gasteiger partial charge in [0.25, 0.3) is 0 Å². The van der Waals surface area contributed by atoms with Crippen molar-refractivity contribution in [3.63, 3.8) is 0 Å². The number of hydrogen-bond donors (Lipinski definition) is 0. The molecule has 0 fully saturated rings. The molecule has 0 aliphatic carbocycles. The van der Waals surface area contributed by atoms with Gasteiger partial charge in [0.1, 0.15) is 6.54 Å². The average molecular weight is 711 g/mol. The van der Waals surface area contributed by atoms with Gasteiger partial charge in [0, 0.05) is 18.1 Å². The maximum absolute atomic E-state index is 2.57. The first-order valence-corrected chi connectivity index (χ1v) is 24.3. The van der Waals surface area contributed by atoms with E-state index in [4.69, 9.17) is 0 Å². The van der Waals surface area contributed by atoms with Crippen molar-refractivity contribution in [3.05, 3.63) is 29.6 Å². The molecule has 0 saturated heterocycles. The Hall–Kier alpha value is -0.850. The molecule has 0 saturated carbocycles. The molecule has 1 rings (SSSR count). The summed E-state index contributed by atoms with van der Waals surface area (Å²) in [6.07, 6.45) is 63.8. The number of aromatic nitrogens is 1. The highest BCUT2D eigenvalue weighted by molar-refractivity contribution is 5.21. The summed E-state index contributed by atoms with van der Waals surface area (Å²) in [4.78, 5) is 0. The molecule has 1 heteroatoms. The van der Waals surface area contributed by atoms with Crippen LogP contribution in [0.1, 0.15) is 282 Å². The molecule has 0 radical (unpaired) electrons. The quantitative estimate of drug-likeness (QED) is 0.0470. The predicted molar refractivity (Wildman–Crippen MR) is 231 cm³/mol. The third-order valence-corrected chi connectivity index (χ3v) is 11.8. The molecule has 1 heterocycles. The van der Waals surface area contributed by atoms with E-state index in [1.54, 1.807) is 11.1 Å². The Morgan fingerprint density at radius 2 is 0.549 bits per heavy atom. The lowest BCUT2D eigenvalue weighted by Gasteiger charge is -2.10. The molecule has 0 bridgehead atoms. The first-order valence-electron chi connectivity index (χ1n) is 24.3. The van der Waals surface area contributed by atoms with Gasteiger partial charge in [-0.25, -0.2) is 4.57 Å². The lowest BCUT2D eigenvalue weighted by Crippen LogP contribution is -2.34. The Morgan fingerprint density at radius 3 is 0.863 bits per heavy atom. The maximum Gasteiger partial charge on any atom is 0.172 e. The monoisotopic (exact) mass is 711 g/mol. The zero-order valence-electron chi connectivity index (χ0n) is 35.9. The lowest BCUT2D eigenvalue weighted by molar-refractivity contribution is -0.697.